The Morgan fingerprint density at radius 2 is 2.05 bits per heavy atom. The molecule has 1 aromatic carbocycles. The fourth-order valence-electron chi connectivity index (χ4n) is 1.73. The highest BCUT2D eigenvalue weighted by molar-refractivity contribution is 9.10. The van der Waals surface area contributed by atoms with Crippen molar-refractivity contribution in [2.75, 3.05) is 0 Å². The number of hydrogen-bond donors (Lipinski definition) is 2. The van der Waals surface area contributed by atoms with Crippen LogP contribution in [-0.2, 0) is 7.05 Å². The number of benzene rings is 1. The third-order valence-corrected chi connectivity index (χ3v) is 4.01. The highest BCUT2D eigenvalue weighted by atomic mass is 79.9. The Labute approximate surface area is 124 Å². The Morgan fingerprint density at radius 1 is 1.37 bits per heavy atom. The van der Waals surface area contributed by atoms with Crippen molar-refractivity contribution in [1.82, 2.24) is 20.4 Å². The van der Waals surface area contributed by atoms with Crippen LogP contribution in [0.15, 0.2) is 21.2 Å². The fourth-order valence-corrected chi connectivity index (χ4v) is 2.83. The van der Waals surface area contributed by atoms with Crippen molar-refractivity contribution < 1.29 is 8.78 Å². The summed E-state index contributed by atoms with van der Waals surface area (Å²) in [5, 5.41) is 7.65. The monoisotopic (exact) mass is 395 g/mol. The van der Waals surface area contributed by atoms with Gasteiger partial charge in [0.05, 0.1) is 16.2 Å². The van der Waals surface area contributed by atoms with Gasteiger partial charge in [-0.05, 0) is 43.5 Å². The van der Waals surface area contributed by atoms with E-state index in [1.54, 1.807) is 7.05 Å². The zero-order valence-corrected chi connectivity index (χ0v) is 12.8. The van der Waals surface area contributed by atoms with Crippen LogP contribution in [0.25, 0.3) is 0 Å². The zero-order chi connectivity index (χ0) is 14.2. The minimum absolute atomic E-state index is 0.00329. The van der Waals surface area contributed by atoms with E-state index in [1.807, 2.05) is 0 Å². The van der Waals surface area contributed by atoms with E-state index in [2.05, 4.69) is 47.6 Å². The van der Waals surface area contributed by atoms with E-state index in [0.29, 0.717) is 15.9 Å². The number of halogens is 4. The molecule has 0 amide bonds. The molecule has 3 N–H and O–H groups in total. The van der Waals surface area contributed by atoms with Gasteiger partial charge in [-0.15, -0.1) is 5.10 Å². The lowest BCUT2D eigenvalue weighted by molar-refractivity contribution is 0.496. The first-order valence-electron chi connectivity index (χ1n) is 5.12. The van der Waals surface area contributed by atoms with Crippen LogP contribution in [0.2, 0.25) is 0 Å². The molecule has 0 bridgehead atoms. The summed E-state index contributed by atoms with van der Waals surface area (Å²) in [6.07, 6.45) is 0. The summed E-state index contributed by atoms with van der Waals surface area (Å²) in [6.45, 7) is 0. The average molecular weight is 397 g/mol. The van der Waals surface area contributed by atoms with Crippen LogP contribution in [0.4, 0.5) is 8.78 Å². The standard InChI is InChI=1S/C10H9Br2F2N5/c1-19-9(10(12)17-18-19)8(16-15)4-2-3-5(13)7(14)6(4)11/h2-3,8,16H,15H2,1H3. The van der Waals surface area contributed by atoms with E-state index < -0.39 is 17.7 Å². The molecule has 2 aromatic rings. The number of aryl methyl sites for hydroxylation is 1. The van der Waals surface area contributed by atoms with E-state index >= 15 is 0 Å². The normalized spacial score (nSPS) is 12.7. The van der Waals surface area contributed by atoms with Gasteiger partial charge in [0.2, 0.25) is 0 Å². The smallest absolute Gasteiger partial charge is 0.173 e. The van der Waals surface area contributed by atoms with Crippen molar-refractivity contribution in [3.8, 4) is 0 Å². The molecule has 0 spiro atoms. The first kappa shape index (κ1) is 14.5. The Kier molecular flexibility index (Phi) is 4.29. The van der Waals surface area contributed by atoms with Crippen LogP contribution < -0.4 is 11.3 Å². The van der Waals surface area contributed by atoms with E-state index in [9.17, 15) is 8.78 Å². The van der Waals surface area contributed by atoms with Gasteiger partial charge in [-0.2, -0.15) is 0 Å². The highest BCUT2D eigenvalue weighted by Crippen LogP contribution is 2.33. The van der Waals surface area contributed by atoms with Gasteiger partial charge in [-0.1, -0.05) is 11.3 Å². The molecule has 0 saturated heterocycles. The SMILES string of the molecule is Cn1nnc(Br)c1C(NN)c1ccc(F)c(F)c1Br. The van der Waals surface area contributed by atoms with Crippen LogP contribution in [-0.4, -0.2) is 15.0 Å². The molecule has 0 aliphatic carbocycles. The van der Waals surface area contributed by atoms with E-state index in [0.717, 1.165) is 6.07 Å². The van der Waals surface area contributed by atoms with Gasteiger partial charge in [0.25, 0.3) is 0 Å². The molecular formula is C10H9Br2F2N5. The molecule has 0 radical (unpaired) electrons. The minimum atomic E-state index is -0.969. The average Bonchev–Trinajstić information content (AvgIpc) is 2.71. The molecule has 1 atom stereocenters. The van der Waals surface area contributed by atoms with Crippen molar-refractivity contribution in [2.24, 2.45) is 12.9 Å². The van der Waals surface area contributed by atoms with Gasteiger partial charge in [-0.25, -0.2) is 18.9 Å². The number of hydrazine groups is 1. The van der Waals surface area contributed by atoms with Gasteiger partial charge < -0.3 is 0 Å². The van der Waals surface area contributed by atoms with Crippen molar-refractivity contribution in [3.63, 3.8) is 0 Å². The summed E-state index contributed by atoms with van der Waals surface area (Å²) in [4.78, 5) is 0. The summed E-state index contributed by atoms with van der Waals surface area (Å²) in [5.74, 6) is 3.61. The zero-order valence-electron chi connectivity index (χ0n) is 9.66. The van der Waals surface area contributed by atoms with Crippen molar-refractivity contribution in [1.29, 1.82) is 0 Å². The molecule has 1 unspecified atom stereocenters. The maximum atomic E-state index is 13.6. The Morgan fingerprint density at radius 3 is 2.58 bits per heavy atom. The van der Waals surface area contributed by atoms with Gasteiger partial charge in [0, 0.05) is 7.05 Å². The van der Waals surface area contributed by atoms with E-state index in [4.69, 9.17) is 5.84 Å². The first-order chi connectivity index (χ1) is 8.97. The molecule has 0 fully saturated rings. The second kappa shape index (κ2) is 5.61. The predicted molar refractivity (Wildman–Crippen MR) is 71.9 cm³/mol. The van der Waals surface area contributed by atoms with Crippen molar-refractivity contribution >= 4 is 31.9 Å². The molecule has 19 heavy (non-hydrogen) atoms. The summed E-state index contributed by atoms with van der Waals surface area (Å²) in [7, 11) is 1.67. The lowest BCUT2D eigenvalue weighted by Gasteiger charge is -2.18. The summed E-state index contributed by atoms with van der Waals surface area (Å²) in [6, 6.07) is 1.88. The maximum absolute atomic E-state index is 13.6. The number of aromatic nitrogens is 3. The molecule has 0 aliphatic heterocycles. The van der Waals surface area contributed by atoms with Crippen molar-refractivity contribution in [3.05, 3.63) is 44.1 Å². The number of nitrogens with zero attached hydrogens (tertiary/aromatic N) is 3. The third-order valence-electron chi connectivity index (χ3n) is 2.64. The van der Waals surface area contributed by atoms with Crippen LogP contribution in [0.3, 0.4) is 0 Å². The quantitative estimate of drug-likeness (QED) is 0.474. The van der Waals surface area contributed by atoms with E-state index in [-0.39, 0.29) is 4.47 Å². The number of hydrogen-bond acceptors (Lipinski definition) is 4. The molecule has 1 heterocycles. The largest absolute Gasteiger partial charge is 0.271 e. The van der Waals surface area contributed by atoms with Crippen LogP contribution >= 0.6 is 31.9 Å². The number of rotatable bonds is 3. The maximum Gasteiger partial charge on any atom is 0.173 e. The van der Waals surface area contributed by atoms with Gasteiger partial charge >= 0.3 is 0 Å². The molecular weight excluding hydrogens is 388 g/mol. The summed E-state index contributed by atoms with van der Waals surface area (Å²) in [5.41, 5.74) is 3.57. The number of nitrogens with one attached hydrogen (secondary N) is 1. The second-order valence-electron chi connectivity index (χ2n) is 3.75. The van der Waals surface area contributed by atoms with Gasteiger partial charge in [0.1, 0.15) is 0 Å². The Bertz CT molecular complexity index is 597. The molecule has 2 rings (SSSR count). The predicted octanol–water partition coefficient (Wildman–Crippen LogP) is 2.17. The van der Waals surface area contributed by atoms with E-state index in [1.165, 1.54) is 10.7 Å². The molecule has 0 saturated carbocycles. The van der Waals surface area contributed by atoms with Gasteiger partial charge in [0.15, 0.2) is 16.2 Å². The molecule has 9 heteroatoms. The minimum Gasteiger partial charge on any atom is -0.271 e. The molecule has 102 valence electrons. The topological polar surface area (TPSA) is 68.8 Å². The summed E-state index contributed by atoms with van der Waals surface area (Å²) >= 11 is 6.27. The molecule has 0 aliphatic rings. The van der Waals surface area contributed by atoms with Crippen LogP contribution in [0.1, 0.15) is 17.3 Å². The number of nitrogens with two attached hydrogens (primary N) is 1. The fraction of sp³-hybridized carbons (Fsp3) is 0.200. The molecule has 1 aromatic heterocycles. The van der Waals surface area contributed by atoms with Crippen LogP contribution in [0, 0.1) is 11.6 Å². The Balaban J connectivity index is 2.58. The van der Waals surface area contributed by atoms with Crippen LogP contribution in [0.5, 0.6) is 0 Å². The first-order valence-corrected chi connectivity index (χ1v) is 6.70. The van der Waals surface area contributed by atoms with Gasteiger partial charge in [-0.3, -0.25) is 5.84 Å². The second-order valence-corrected chi connectivity index (χ2v) is 5.30. The third kappa shape index (κ3) is 2.55. The summed E-state index contributed by atoms with van der Waals surface area (Å²) < 4.78 is 28.7. The van der Waals surface area contributed by atoms with Crippen molar-refractivity contribution in [2.45, 2.75) is 6.04 Å². The highest BCUT2D eigenvalue weighted by Gasteiger charge is 2.25. The Hall–Kier alpha value is -0.900. The lowest BCUT2D eigenvalue weighted by Crippen LogP contribution is -2.31. The molecule has 5 nitrogen and oxygen atoms in total. The lowest BCUT2D eigenvalue weighted by atomic mass is 10.0.